The van der Waals surface area contributed by atoms with E-state index in [4.69, 9.17) is 17.3 Å². The van der Waals surface area contributed by atoms with Crippen LogP contribution in [0.25, 0.3) is 17.1 Å². The molecule has 20 heavy (non-hydrogen) atoms. The van der Waals surface area contributed by atoms with E-state index in [1.165, 1.54) is 16.9 Å². The molecule has 0 amide bonds. The molecule has 100 valence electrons. The van der Waals surface area contributed by atoms with E-state index in [2.05, 4.69) is 15.4 Å². The first kappa shape index (κ1) is 12.6. The van der Waals surface area contributed by atoms with Gasteiger partial charge in [-0.05, 0) is 11.3 Å². The van der Waals surface area contributed by atoms with Crippen LogP contribution in [0.4, 0.5) is 10.1 Å². The molecule has 1 heterocycles. The first-order chi connectivity index (χ1) is 9.65. The Morgan fingerprint density at radius 1 is 1.15 bits per heavy atom. The van der Waals surface area contributed by atoms with E-state index in [-0.39, 0.29) is 10.7 Å². The largest absolute Gasteiger partial charge is 0.397 e. The van der Waals surface area contributed by atoms with Crippen molar-refractivity contribution in [3.05, 3.63) is 53.3 Å². The van der Waals surface area contributed by atoms with E-state index in [0.29, 0.717) is 11.5 Å². The standard InChI is InChI=1S/C13H9ClFN5/c14-9-6-11(16)12(7-10(9)15)20-18-13(17-19-20)8-4-2-1-3-5-8/h1-7H,16H2. The summed E-state index contributed by atoms with van der Waals surface area (Å²) in [6.07, 6.45) is 0. The number of hydrogen-bond acceptors (Lipinski definition) is 4. The van der Waals surface area contributed by atoms with Crippen LogP contribution in [0.15, 0.2) is 42.5 Å². The molecule has 2 N–H and O–H groups in total. The Hall–Kier alpha value is -2.47. The van der Waals surface area contributed by atoms with Crippen molar-refractivity contribution in [2.45, 2.75) is 0 Å². The van der Waals surface area contributed by atoms with Gasteiger partial charge >= 0.3 is 0 Å². The van der Waals surface area contributed by atoms with Gasteiger partial charge in [-0.25, -0.2) is 4.39 Å². The summed E-state index contributed by atoms with van der Waals surface area (Å²) in [4.78, 5) is 1.18. The maximum Gasteiger partial charge on any atom is 0.205 e. The fourth-order valence-corrected chi connectivity index (χ4v) is 1.92. The molecule has 3 aromatic rings. The first-order valence-corrected chi connectivity index (χ1v) is 6.13. The molecule has 0 unspecified atom stereocenters. The smallest absolute Gasteiger partial charge is 0.205 e. The fourth-order valence-electron chi connectivity index (χ4n) is 1.74. The van der Waals surface area contributed by atoms with Gasteiger partial charge in [0.05, 0.1) is 10.7 Å². The average molecular weight is 290 g/mol. The van der Waals surface area contributed by atoms with Crippen LogP contribution < -0.4 is 5.73 Å². The molecule has 5 nitrogen and oxygen atoms in total. The third kappa shape index (κ3) is 2.21. The summed E-state index contributed by atoms with van der Waals surface area (Å²) in [5.74, 6) is -0.158. The molecule has 0 spiro atoms. The number of nitrogens with two attached hydrogens (primary N) is 1. The van der Waals surface area contributed by atoms with E-state index in [0.717, 1.165) is 5.56 Å². The SMILES string of the molecule is Nc1cc(Cl)c(F)cc1-n1nnc(-c2ccccc2)n1. The number of anilines is 1. The summed E-state index contributed by atoms with van der Waals surface area (Å²) in [5.41, 5.74) is 7.17. The Bertz CT molecular complexity index is 757. The highest BCUT2D eigenvalue weighted by molar-refractivity contribution is 6.31. The molecule has 0 radical (unpaired) electrons. The molecule has 0 fully saturated rings. The quantitative estimate of drug-likeness (QED) is 0.736. The van der Waals surface area contributed by atoms with Crippen molar-refractivity contribution < 1.29 is 4.39 Å². The predicted octanol–water partition coefficient (Wildman–Crippen LogP) is 2.70. The zero-order valence-electron chi connectivity index (χ0n) is 10.2. The van der Waals surface area contributed by atoms with Crippen LogP contribution in [0.3, 0.4) is 0 Å². The van der Waals surface area contributed by atoms with Gasteiger partial charge in [-0.1, -0.05) is 41.9 Å². The molecule has 7 heteroatoms. The lowest BCUT2D eigenvalue weighted by atomic mass is 10.2. The van der Waals surface area contributed by atoms with Gasteiger partial charge in [-0.3, -0.25) is 0 Å². The maximum atomic E-state index is 13.5. The molecule has 0 saturated heterocycles. The number of nitrogens with zero attached hydrogens (tertiary/aromatic N) is 4. The molecule has 0 aliphatic rings. The lowest BCUT2D eigenvalue weighted by molar-refractivity contribution is 0.622. The Morgan fingerprint density at radius 3 is 2.65 bits per heavy atom. The minimum Gasteiger partial charge on any atom is -0.397 e. The third-order valence-corrected chi connectivity index (χ3v) is 3.02. The highest BCUT2D eigenvalue weighted by atomic mass is 35.5. The minimum atomic E-state index is -0.588. The lowest BCUT2D eigenvalue weighted by Crippen LogP contribution is -2.04. The van der Waals surface area contributed by atoms with E-state index in [1.807, 2.05) is 30.3 Å². The topological polar surface area (TPSA) is 69.6 Å². The normalized spacial score (nSPS) is 10.7. The summed E-state index contributed by atoms with van der Waals surface area (Å²) in [6, 6.07) is 11.8. The molecular weight excluding hydrogens is 281 g/mol. The molecule has 0 saturated carbocycles. The van der Waals surface area contributed by atoms with Crippen molar-refractivity contribution in [1.29, 1.82) is 0 Å². The Labute approximate surface area is 118 Å². The van der Waals surface area contributed by atoms with Crippen LogP contribution in [-0.4, -0.2) is 20.2 Å². The van der Waals surface area contributed by atoms with Gasteiger partial charge < -0.3 is 5.73 Å². The monoisotopic (exact) mass is 289 g/mol. The highest BCUT2D eigenvalue weighted by Crippen LogP contribution is 2.24. The van der Waals surface area contributed by atoms with Crippen LogP contribution in [0.2, 0.25) is 5.02 Å². The molecule has 2 aromatic carbocycles. The van der Waals surface area contributed by atoms with Crippen molar-refractivity contribution in [2.75, 3.05) is 5.73 Å². The predicted molar refractivity (Wildman–Crippen MR) is 74.0 cm³/mol. The number of hydrogen-bond donors (Lipinski definition) is 1. The molecule has 1 aromatic heterocycles. The summed E-state index contributed by atoms with van der Waals surface area (Å²) >= 11 is 5.65. The summed E-state index contributed by atoms with van der Waals surface area (Å²) < 4.78 is 13.5. The number of benzene rings is 2. The van der Waals surface area contributed by atoms with Crippen LogP contribution in [-0.2, 0) is 0 Å². The first-order valence-electron chi connectivity index (χ1n) is 5.75. The van der Waals surface area contributed by atoms with Crippen molar-refractivity contribution in [1.82, 2.24) is 20.2 Å². The van der Waals surface area contributed by atoms with Gasteiger partial charge in [0.25, 0.3) is 0 Å². The van der Waals surface area contributed by atoms with Gasteiger partial charge in [-0.2, -0.15) is 0 Å². The number of aromatic nitrogens is 4. The molecule has 0 aliphatic carbocycles. The fraction of sp³-hybridized carbons (Fsp3) is 0. The van der Waals surface area contributed by atoms with E-state index in [1.54, 1.807) is 0 Å². The van der Waals surface area contributed by atoms with Crippen molar-refractivity contribution in [3.8, 4) is 17.1 Å². The van der Waals surface area contributed by atoms with Gasteiger partial charge in [0.15, 0.2) is 0 Å². The van der Waals surface area contributed by atoms with E-state index < -0.39 is 5.82 Å². The van der Waals surface area contributed by atoms with Crippen LogP contribution in [0.1, 0.15) is 0 Å². The van der Waals surface area contributed by atoms with E-state index >= 15 is 0 Å². The molecule has 0 aliphatic heterocycles. The highest BCUT2D eigenvalue weighted by Gasteiger charge is 2.12. The minimum absolute atomic E-state index is 0.0466. The summed E-state index contributed by atoms with van der Waals surface area (Å²) in [6.45, 7) is 0. The second kappa shape index (κ2) is 4.90. The third-order valence-electron chi connectivity index (χ3n) is 2.73. The zero-order chi connectivity index (χ0) is 14.1. The van der Waals surface area contributed by atoms with Crippen molar-refractivity contribution in [3.63, 3.8) is 0 Å². The molecule has 0 atom stereocenters. The molecule has 0 bridgehead atoms. The maximum absolute atomic E-state index is 13.5. The lowest BCUT2D eigenvalue weighted by Gasteiger charge is -2.04. The van der Waals surface area contributed by atoms with Gasteiger partial charge in [0.2, 0.25) is 5.82 Å². The Morgan fingerprint density at radius 2 is 1.90 bits per heavy atom. The van der Waals surface area contributed by atoms with Gasteiger partial charge in [-0.15, -0.1) is 15.0 Å². The number of tetrazole rings is 1. The van der Waals surface area contributed by atoms with Crippen molar-refractivity contribution >= 4 is 17.3 Å². The van der Waals surface area contributed by atoms with Crippen LogP contribution >= 0.6 is 11.6 Å². The second-order valence-corrected chi connectivity index (χ2v) is 4.50. The van der Waals surface area contributed by atoms with E-state index in [9.17, 15) is 4.39 Å². The van der Waals surface area contributed by atoms with Crippen LogP contribution in [0, 0.1) is 5.82 Å². The summed E-state index contributed by atoms with van der Waals surface area (Å²) in [5, 5.41) is 11.9. The van der Waals surface area contributed by atoms with Crippen LogP contribution in [0.5, 0.6) is 0 Å². The molecular formula is C13H9ClFN5. The summed E-state index contributed by atoms with van der Waals surface area (Å²) in [7, 11) is 0. The van der Waals surface area contributed by atoms with Crippen molar-refractivity contribution in [2.24, 2.45) is 0 Å². The van der Waals surface area contributed by atoms with Gasteiger partial charge in [0.1, 0.15) is 11.5 Å². The molecule has 3 rings (SSSR count). The second-order valence-electron chi connectivity index (χ2n) is 4.09. The zero-order valence-corrected chi connectivity index (χ0v) is 10.9. The number of rotatable bonds is 2. The number of halogens is 2. The average Bonchev–Trinajstić information content (AvgIpc) is 2.93. The Balaban J connectivity index is 2.05. The van der Waals surface area contributed by atoms with Gasteiger partial charge in [0, 0.05) is 11.6 Å². The Kier molecular flexibility index (Phi) is 3.08. The number of nitrogen functional groups attached to an aromatic ring is 1.